The first-order valence-corrected chi connectivity index (χ1v) is 4.08. The Kier molecular flexibility index (Phi) is 1.69. The van der Waals surface area contributed by atoms with Gasteiger partial charge in [-0.15, -0.1) is 0 Å². The summed E-state index contributed by atoms with van der Waals surface area (Å²) in [5.74, 6) is 0. The summed E-state index contributed by atoms with van der Waals surface area (Å²) in [6.07, 6.45) is 0.814. The minimum atomic E-state index is 0.570. The summed E-state index contributed by atoms with van der Waals surface area (Å²) in [4.78, 5) is 12.8. The van der Waals surface area contributed by atoms with Crippen molar-refractivity contribution in [2.75, 3.05) is 6.54 Å². The number of aromatic nitrogens is 2. The predicted molar refractivity (Wildman–Crippen MR) is 43.8 cm³/mol. The Hall–Kier alpha value is -1.16. The van der Waals surface area contributed by atoms with Gasteiger partial charge in [0.15, 0.2) is 6.29 Å². The zero-order chi connectivity index (χ0) is 8.55. The van der Waals surface area contributed by atoms with Gasteiger partial charge in [-0.1, -0.05) is 6.92 Å². The molecule has 1 N–H and O–H groups in total. The second-order valence-corrected chi connectivity index (χ2v) is 2.99. The molecule has 0 bridgehead atoms. The molecule has 1 aliphatic heterocycles. The normalized spacial score (nSPS) is 16.4. The van der Waals surface area contributed by atoms with E-state index in [9.17, 15) is 4.79 Å². The number of aromatic amines is 1. The first-order valence-electron chi connectivity index (χ1n) is 4.08. The highest BCUT2D eigenvalue weighted by molar-refractivity contribution is 5.74. The summed E-state index contributed by atoms with van der Waals surface area (Å²) in [6.45, 7) is 4.88. The van der Waals surface area contributed by atoms with Crippen molar-refractivity contribution in [3.05, 3.63) is 17.0 Å². The average Bonchev–Trinajstić information content (AvgIpc) is 2.61. The number of H-pyrrole nitrogens is 1. The standard InChI is InChI=1S/C8H11N3O/c1-2-11-3-6-7(4-11)9-10-8(6)5-12/h5H,2-4H2,1H3,(H,9,10). The maximum absolute atomic E-state index is 10.5. The molecule has 0 spiro atoms. The van der Waals surface area contributed by atoms with Crippen LogP contribution in [-0.4, -0.2) is 27.9 Å². The Morgan fingerprint density at radius 3 is 3.17 bits per heavy atom. The molecule has 12 heavy (non-hydrogen) atoms. The van der Waals surface area contributed by atoms with Gasteiger partial charge in [-0.25, -0.2) is 0 Å². The number of carbonyl (C=O) groups excluding carboxylic acids is 1. The summed E-state index contributed by atoms with van der Waals surface area (Å²) in [6, 6.07) is 0. The van der Waals surface area contributed by atoms with Crippen molar-refractivity contribution in [3.8, 4) is 0 Å². The molecule has 0 unspecified atom stereocenters. The fraction of sp³-hybridized carbons (Fsp3) is 0.500. The van der Waals surface area contributed by atoms with Crippen LogP contribution in [0.4, 0.5) is 0 Å². The maximum Gasteiger partial charge on any atom is 0.170 e. The molecule has 1 aliphatic rings. The third-order valence-electron chi connectivity index (χ3n) is 2.31. The van der Waals surface area contributed by atoms with Crippen LogP contribution in [-0.2, 0) is 13.1 Å². The largest absolute Gasteiger partial charge is 0.296 e. The molecule has 4 nitrogen and oxygen atoms in total. The van der Waals surface area contributed by atoms with Crippen LogP contribution >= 0.6 is 0 Å². The van der Waals surface area contributed by atoms with Crippen molar-refractivity contribution in [2.45, 2.75) is 20.0 Å². The zero-order valence-corrected chi connectivity index (χ0v) is 7.00. The second kappa shape index (κ2) is 2.71. The van der Waals surface area contributed by atoms with Crippen molar-refractivity contribution in [2.24, 2.45) is 0 Å². The van der Waals surface area contributed by atoms with Crippen molar-refractivity contribution in [3.63, 3.8) is 0 Å². The van der Waals surface area contributed by atoms with Crippen molar-refractivity contribution in [1.82, 2.24) is 15.1 Å². The third kappa shape index (κ3) is 0.956. The van der Waals surface area contributed by atoms with Gasteiger partial charge >= 0.3 is 0 Å². The highest BCUT2D eigenvalue weighted by Gasteiger charge is 2.22. The van der Waals surface area contributed by atoms with Crippen molar-refractivity contribution < 1.29 is 4.79 Å². The fourth-order valence-electron chi connectivity index (χ4n) is 1.55. The van der Waals surface area contributed by atoms with E-state index >= 15 is 0 Å². The van der Waals surface area contributed by atoms with Crippen LogP contribution in [0.3, 0.4) is 0 Å². The van der Waals surface area contributed by atoms with Gasteiger partial charge in [-0.2, -0.15) is 5.10 Å². The highest BCUT2D eigenvalue weighted by atomic mass is 16.1. The van der Waals surface area contributed by atoms with Crippen LogP contribution < -0.4 is 0 Å². The van der Waals surface area contributed by atoms with Crippen molar-refractivity contribution in [1.29, 1.82) is 0 Å². The topological polar surface area (TPSA) is 49.0 Å². The predicted octanol–water partition coefficient (Wildman–Crippen LogP) is 0.558. The molecule has 2 rings (SSSR count). The molecule has 0 aliphatic carbocycles. The number of nitrogens with one attached hydrogen (secondary N) is 1. The van der Waals surface area contributed by atoms with E-state index in [4.69, 9.17) is 0 Å². The van der Waals surface area contributed by atoms with Gasteiger partial charge in [0.25, 0.3) is 0 Å². The zero-order valence-electron chi connectivity index (χ0n) is 7.00. The Labute approximate surface area is 70.6 Å². The highest BCUT2D eigenvalue weighted by Crippen LogP contribution is 2.21. The molecule has 0 amide bonds. The van der Waals surface area contributed by atoms with Crippen LogP contribution in [0, 0.1) is 0 Å². The van der Waals surface area contributed by atoms with Gasteiger partial charge in [-0.3, -0.25) is 14.8 Å². The molecule has 0 radical (unpaired) electrons. The van der Waals surface area contributed by atoms with E-state index < -0.39 is 0 Å². The van der Waals surface area contributed by atoms with E-state index in [1.807, 2.05) is 0 Å². The van der Waals surface area contributed by atoms with Crippen LogP contribution in [0.15, 0.2) is 0 Å². The molecule has 0 saturated heterocycles. The Balaban J connectivity index is 2.30. The molecule has 0 atom stereocenters. The first-order chi connectivity index (χ1) is 5.85. The van der Waals surface area contributed by atoms with Gasteiger partial charge in [0.05, 0.1) is 5.69 Å². The second-order valence-electron chi connectivity index (χ2n) is 2.99. The van der Waals surface area contributed by atoms with Crippen LogP contribution in [0.1, 0.15) is 28.7 Å². The quantitative estimate of drug-likeness (QED) is 0.651. The van der Waals surface area contributed by atoms with Crippen LogP contribution in [0.25, 0.3) is 0 Å². The lowest BCUT2D eigenvalue weighted by Crippen LogP contribution is -2.15. The minimum Gasteiger partial charge on any atom is -0.296 e. The monoisotopic (exact) mass is 165 g/mol. The molecule has 2 heterocycles. The fourth-order valence-corrected chi connectivity index (χ4v) is 1.55. The number of hydrogen-bond donors (Lipinski definition) is 1. The van der Waals surface area contributed by atoms with Gasteiger partial charge in [0.2, 0.25) is 0 Å². The van der Waals surface area contributed by atoms with Gasteiger partial charge in [0, 0.05) is 18.7 Å². The van der Waals surface area contributed by atoms with E-state index in [1.165, 1.54) is 0 Å². The van der Waals surface area contributed by atoms with Gasteiger partial charge < -0.3 is 0 Å². The van der Waals surface area contributed by atoms with E-state index in [0.29, 0.717) is 5.69 Å². The summed E-state index contributed by atoms with van der Waals surface area (Å²) in [5, 5.41) is 6.78. The van der Waals surface area contributed by atoms with E-state index in [2.05, 4.69) is 22.0 Å². The van der Waals surface area contributed by atoms with Crippen molar-refractivity contribution >= 4 is 6.29 Å². The Bertz CT molecular complexity index is 305. The smallest absolute Gasteiger partial charge is 0.170 e. The van der Waals surface area contributed by atoms with E-state index in [1.54, 1.807) is 0 Å². The summed E-state index contributed by atoms with van der Waals surface area (Å²) in [7, 11) is 0. The SMILES string of the molecule is CCN1Cc2[nH]nc(C=O)c2C1. The average molecular weight is 165 g/mol. The summed E-state index contributed by atoms with van der Waals surface area (Å²) < 4.78 is 0. The molecule has 0 saturated carbocycles. The lowest BCUT2D eigenvalue weighted by molar-refractivity contribution is 0.111. The van der Waals surface area contributed by atoms with E-state index in [-0.39, 0.29) is 0 Å². The number of fused-ring (bicyclic) bond motifs is 1. The lowest BCUT2D eigenvalue weighted by atomic mass is 10.2. The molecule has 64 valence electrons. The molecule has 0 aromatic carbocycles. The third-order valence-corrected chi connectivity index (χ3v) is 2.31. The molecular formula is C8H11N3O. The molecule has 0 fully saturated rings. The van der Waals surface area contributed by atoms with Crippen LogP contribution in [0.5, 0.6) is 0 Å². The van der Waals surface area contributed by atoms with Crippen LogP contribution in [0.2, 0.25) is 0 Å². The number of nitrogens with zero attached hydrogens (tertiary/aromatic N) is 2. The van der Waals surface area contributed by atoms with Gasteiger partial charge in [0.1, 0.15) is 5.69 Å². The number of hydrogen-bond acceptors (Lipinski definition) is 3. The summed E-state index contributed by atoms with van der Waals surface area (Å²) in [5.41, 5.74) is 2.74. The molecule has 4 heteroatoms. The molecular weight excluding hydrogens is 154 g/mol. The first kappa shape index (κ1) is 7.49. The Morgan fingerprint density at radius 1 is 1.67 bits per heavy atom. The number of aldehydes is 1. The lowest BCUT2D eigenvalue weighted by Gasteiger charge is -2.09. The molecule has 1 aromatic rings. The maximum atomic E-state index is 10.5. The number of carbonyl (C=O) groups is 1. The Morgan fingerprint density at radius 2 is 2.50 bits per heavy atom. The minimum absolute atomic E-state index is 0.570. The number of rotatable bonds is 2. The van der Waals surface area contributed by atoms with E-state index in [0.717, 1.165) is 37.2 Å². The molecule has 1 aromatic heterocycles. The summed E-state index contributed by atoms with van der Waals surface area (Å²) >= 11 is 0. The van der Waals surface area contributed by atoms with Gasteiger partial charge in [-0.05, 0) is 6.54 Å².